The lowest BCUT2D eigenvalue weighted by atomic mass is 10.2. The van der Waals surface area contributed by atoms with E-state index in [4.69, 9.17) is 23.7 Å². The van der Waals surface area contributed by atoms with Gasteiger partial charge in [0, 0.05) is 37.3 Å². The summed E-state index contributed by atoms with van der Waals surface area (Å²) in [5, 5.41) is 2.87. The Morgan fingerprint density at radius 3 is 2.03 bits per heavy atom. The topological polar surface area (TPSA) is 78.5 Å². The summed E-state index contributed by atoms with van der Waals surface area (Å²) in [5.74, 6) is 2.74. The van der Waals surface area contributed by atoms with Gasteiger partial charge in [0.05, 0.1) is 28.4 Å². The Hall–Kier alpha value is -3.13. The van der Waals surface area contributed by atoms with E-state index in [2.05, 4.69) is 5.32 Å². The number of methoxy groups -OCH3 is 4. The predicted octanol–water partition coefficient (Wildman–Crippen LogP) is 3.06. The zero-order valence-corrected chi connectivity index (χ0v) is 18.2. The second-order valence-electron chi connectivity index (χ2n) is 6.51. The molecule has 0 atom stereocenters. The van der Waals surface area contributed by atoms with Crippen LogP contribution >= 0.6 is 0 Å². The van der Waals surface area contributed by atoms with Gasteiger partial charge in [0.1, 0.15) is 6.61 Å². The highest BCUT2D eigenvalue weighted by Gasteiger charge is 2.15. The molecule has 0 bridgehead atoms. The molecule has 164 valence electrons. The fourth-order valence-electron chi connectivity index (χ4n) is 2.83. The van der Waals surface area contributed by atoms with Gasteiger partial charge in [-0.1, -0.05) is 12.1 Å². The molecule has 0 aliphatic rings. The number of likely N-dealkylation sites (N-methyl/N-ethyl adjacent to an activating group) is 1. The molecule has 2 aromatic rings. The summed E-state index contributed by atoms with van der Waals surface area (Å²) in [6.07, 6.45) is 0.335. The second-order valence-corrected chi connectivity index (χ2v) is 6.51. The molecule has 2 aromatic carbocycles. The maximum Gasteiger partial charge on any atom is 0.225 e. The van der Waals surface area contributed by atoms with Crippen LogP contribution in [0.25, 0.3) is 0 Å². The van der Waals surface area contributed by atoms with Crippen LogP contribution in [-0.2, 0) is 4.79 Å². The summed E-state index contributed by atoms with van der Waals surface area (Å²) in [6, 6.07) is 10.9. The van der Waals surface area contributed by atoms with Crippen LogP contribution in [0.2, 0.25) is 0 Å². The van der Waals surface area contributed by atoms with E-state index in [9.17, 15) is 4.79 Å². The van der Waals surface area contributed by atoms with E-state index in [-0.39, 0.29) is 5.91 Å². The molecule has 0 fully saturated rings. The number of para-hydroxylation sites is 2. The molecule has 2 rings (SSSR count). The number of carbonyl (C=O) groups is 1. The van der Waals surface area contributed by atoms with Crippen LogP contribution in [0.4, 0.5) is 5.69 Å². The van der Waals surface area contributed by atoms with E-state index >= 15 is 0 Å². The number of anilines is 1. The highest BCUT2D eigenvalue weighted by molar-refractivity contribution is 5.91. The number of benzene rings is 2. The molecule has 0 aromatic heterocycles. The Labute approximate surface area is 177 Å². The van der Waals surface area contributed by atoms with E-state index in [0.717, 1.165) is 0 Å². The largest absolute Gasteiger partial charge is 0.493 e. The lowest BCUT2D eigenvalue weighted by Gasteiger charge is -2.18. The smallest absolute Gasteiger partial charge is 0.225 e. The molecular formula is C22H30N2O6. The minimum absolute atomic E-state index is 0.109. The number of ether oxygens (including phenoxy) is 5. The molecule has 1 N–H and O–H groups in total. The van der Waals surface area contributed by atoms with E-state index in [0.29, 0.717) is 60.6 Å². The summed E-state index contributed by atoms with van der Waals surface area (Å²) in [4.78, 5) is 14.4. The highest BCUT2D eigenvalue weighted by Crippen LogP contribution is 2.39. The van der Waals surface area contributed by atoms with Gasteiger partial charge in [-0.2, -0.15) is 0 Å². The number of hydrogen-bond acceptors (Lipinski definition) is 7. The van der Waals surface area contributed by atoms with Gasteiger partial charge in [0.2, 0.25) is 11.7 Å². The molecule has 0 spiro atoms. The van der Waals surface area contributed by atoms with Crippen LogP contribution in [0.1, 0.15) is 6.42 Å². The van der Waals surface area contributed by atoms with Crippen LogP contribution in [0.5, 0.6) is 28.7 Å². The molecule has 8 heteroatoms. The van der Waals surface area contributed by atoms with Crippen molar-refractivity contribution in [3.8, 4) is 28.7 Å². The first-order valence-electron chi connectivity index (χ1n) is 9.56. The fourth-order valence-corrected chi connectivity index (χ4v) is 2.83. The molecule has 0 saturated carbocycles. The van der Waals surface area contributed by atoms with Gasteiger partial charge >= 0.3 is 0 Å². The summed E-state index contributed by atoms with van der Waals surface area (Å²) in [5.41, 5.74) is 0.580. The van der Waals surface area contributed by atoms with Crippen molar-refractivity contribution in [2.24, 2.45) is 0 Å². The first-order chi connectivity index (χ1) is 14.5. The normalized spacial score (nSPS) is 10.5. The first kappa shape index (κ1) is 23.2. The van der Waals surface area contributed by atoms with Crippen LogP contribution in [-0.4, -0.2) is 66.0 Å². The van der Waals surface area contributed by atoms with Gasteiger partial charge in [0.15, 0.2) is 23.0 Å². The maximum absolute atomic E-state index is 12.4. The number of hydrogen-bond donors (Lipinski definition) is 1. The van der Waals surface area contributed by atoms with Crippen LogP contribution in [0.15, 0.2) is 36.4 Å². The lowest BCUT2D eigenvalue weighted by molar-refractivity contribution is -0.116. The minimum atomic E-state index is -0.109. The molecule has 0 radical (unpaired) electrons. The molecular weight excluding hydrogens is 388 g/mol. The minimum Gasteiger partial charge on any atom is -0.493 e. The van der Waals surface area contributed by atoms with Gasteiger partial charge in [-0.05, 0) is 19.2 Å². The highest BCUT2D eigenvalue weighted by atomic mass is 16.5. The average Bonchev–Trinajstić information content (AvgIpc) is 2.77. The zero-order chi connectivity index (χ0) is 21.9. The van der Waals surface area contributed by atoms with Gasteiger partial charge in [0.25, 0.3) is 0 Å². The molecule has 0 saturated heterocycles. The molecule has 1 amide bonds. The zero-order valence-electron chi connectivity index (χ0n) is 18.2. The molecule has 0 aliphatic heterocycles. The number of carbonyl (C=O) groups excluding carboxylic acids is 1. The van der Waals surface area contributed by atoms with Gasteiger partial charge in [-0.25, -0.2) is 0 Å². The van der Waals surface area contributed by atoms with E-state index < -0.39 is 0 Å². The molecule has 8 nitrogen and oxygen atoms in total. The third-order valence-electron chi connectivity index (χ3n) is 4.47. The number of nitrogens with one attached hydrogen (secondary N) is 1. The van der Waals surface area contributed by atoms with Crippen LogP contribution in [0, 0.1) is 0 Å². The Morgan fingerprint density at radius 2 is 1.47 bits per heavy atom. The number of nitrogens with zero attached hydrogens (tertiary/aromatic N) is 1. The molecule has 0 aliphatic carbocycles. The second kappa shape index (κ2) is 11.8. The summed E-state index contributed by atoms with van der Waals surface area (Å²) in [7, 11) is 8.15. The van der Waals surface area contributed by atoms with Crippen molar-refractivity contribution in [2.45, 2.75) is 6.42 Å². The molecule has 30 heavy (non-hydrogen) atoms. The summed E-state index contributed by atoms with van der Waals surface area (Å²) >= 11 is 0. The quantitative estimate of drug-likeness (QED) is 0.568. The van der Waals surface area contributed by atoms with E-state index in [1.165, 1.54) is 21.3 Å². The number of amides is 1. The third kappa shape index (κ3) is 6.45. The Bertz CT molecular complexity index is 802. The predicted molar refractivity (Wildman–Crippen MR) is 115 cm³/mol. The van der Waals surface area contributed by atoms with Crippen LogP contribution < -0.4 is 29.0 Å². The van der Waals surface area contributed by atoms with Crippen LogP contribution in [0.3, 0.4) is 0 Å². The Kier molecular flexibility index (Phi) is 9.08. The van der Waals surface area contributed by atoms with Gasteiger partial charge in [-0.3, -0.25) is 4.79 Å². The van der Waals surface area contributed by atoms with E-state index in [1.807, 2.05) is 36.2 Å². The van der Waals surface area contributed by atoms with E-state index in [1.54, 1.807) is 19.2 Å². The average molecular weight is 418 g/mol. The van der Waals surface area contributed by atoms with Crippen molar-refractivity contribution in [2.75, 3.05) is 60.5 Å². The van der Waals surface area contributed by atoms with Crippen molar-refractivity contribution in [1.82, 2.24) is 4.90 Å². The van der Waals surface area contributed by atoms with Crippen molar-refractivity contribution in [1.29, 1.82) is 0 Å². The summed E-state index contributed by atoms with van der Waals surface area (Å²) < 4.78 is 26.9. The molecule has 0 unspecified atom stereocenters. The lowest BCUT2D eigenvalue weighted by Crippen LogP contribution is -2.28. The van der Waals surface area contributed by atoms with Crippen molar-refractivity contribution >= 4 is 11.6 Å². The number of rotatable bonds is 12. The van der Waals surface area contributed by atoms with Gasteiger partial charge in [-0.15, -0.1) is 0 Å². The van der Waals surface area contributed by atoms with Crippen molar-refractivity contribution in [3.63, 3.8) is 0 Å². The molecule has 0 heterocycles. The SMILES string of the molecule is COc1ccccc1OCCN(C)CCC(=O)Nc1cc(OC)c(OC)c(OC)c1. The van der Waals surface area contributed by atoms with Crippen molar-refractivity contribution in [3.05, 3.63) is 36.4 Å². The Balaban J connectivity index is 1.81. The first-order valence-corrected chi connectivity index (χ1v) is 9.56. The van der Waals surface area contributed by atoms with Gasteiger partial charge < -0.3 is 33.9 Å². The van der Waals surface area contributed by atoms with Crippen molar-refractivity contribution < 1.29 is 28.5 Å². The fraction of sp³-hybridized carbons (Fsp3) is 0.409. The monoisotopic (exact) mass is 418 g/mol. The Morgan fingerprint density at radius 1 is 0.867 bits per heavy atom. The summed E-state index contributed by atoms with van der Waals surface area (Å²) in [6.45, 7) is 1.76. The third-order valence-corrected chi connectivity index (χ3v) is 4.47. The maximum atomic E-state index is 12.4. The standard InChI is InChI=1S/C22H30N2O6/c1-24(12-13-30-18-9-7-6-8-17(18)26-2)11-10-21(25)23-16-14-19(27-3)22(29-5)20(15-16)28-4/h6-9,14-15H,10-13H2,1-5H3,(H,23,25).